The number of carbonyl (C=O) groups excluding carboxylic acids is 1. The molecule has 4 aliphatic rings. The highest BCUT2D eigenvalue weighted by molar-refractivity contribution is 5.94. The largest absolute Gasteiger partial charge is 0.455 e. The van der Waals surface area contributed by atoms with Gasteiger partial charge in [0.25, 0.3) is 0 Å². The quantitative estimate of drug-likeness (QED) is 0.543. The lowest BCUT2D eigenvalue weighted by Gasteiger charge is -2.41. The summed E-state index contributed by atoms with van der Waals surface area (Å²) in [4.78, 5) is 12.3. The average Bonchev–Trinajstić information content (AvgIpc) is 3.14. The van der Waals surface area contributed by atoms with Crippen molar-refractivity contribution in [1.82, 2.24) is 5.32 Å². The van der Waals surface area contributed by atoms with Crippen molar-refractivity contribution in [3.63, 3.8) is 0 Å². The summed E-state index contributed by atoms with van der Waals surface area (Å²) in [5, 5.41) is 13.8. The third-order valence-electron chi connectivity index (χ3n) is 4.98. The maximum atomic E-state index is 12.3. The van der Waals surface area contributed by atoms with Gasteiger partial charge in [0.15, 0.2) is 11.5 Å². The van der Waals surface area contributed by atoms with Crippen molar-refractivity contribution in [2.45, 2.75) is 30.6 Å². The van der Waals surface area contributed by atoms with E-state index in [0.717, 1.165) is 18.5 Å². The number of nitrogens with one attached hydrogen (secondary N) is 1. The van der Waals surface area contributed by atoms with Crippen molar-refractivity contribution >= 4 is 5.97 Å². The van der Waals surface area contributed by atoms with Gasteiger partial charge in [0.2, 0.25) is 6.79 Å². The Morgan fingerprint density at radius 1 is 1.23 bits per heavy atom. The van der Waals surface area contributed by atoms with Crippen LogP contribution in [-0.2, 0) is 4.74 Å². The monoisotopic (exact) mass is 301 g/mol. The fourth-order valence-electron chi connectivity index (χ4n) is 4.02. The van der Waals surface area contributed by atoms with E-state index in [-0.39, 0.29) is 18.8 Å². The molecule has 114 valence electrons. The van der Waals surface area contributed by atoms with Crippen LogP contribution in [0, 0.1) is 0 Å². The minimum atomic E-state index is -0.765. The second-order valence-electron chi connectivity index (χ2n) is 6.10. The molecule has 22 heavy (non-hydrogen) atoms. The maximum absolute atomic E-state index is 12.3. The molecule has 0 radical (unpaired) electrons. The number of aliphatic hydroxyl groups excluding tert-OH is 1. The summed E-state index contributed by atoms with van der Waals surface area (Å²) in [6, 6.07) is 3.65. The summed E-state index contributed by atoms with van der Waals surface area (Å²) in [6.45, 7) is 1.04. The number of rotatable bonds is 0. The Morgan fingerprint density at radius 3 is 2.91 bits per heavy atom. The predicted molar refractivity (Wildman–Crippen MR) is 75.0 cm³/mol. The highest BCUT2D eigenvalue weighted by atomic mass is 16.7. The van der Waals surface area contributed by atoms with Crippen LogP contribution in [0.4, 0.5) is 0 Å². The molecule has 0 saturated carbocycles. The Morgan fingerprint density at radius 2 is 2.05 bits per heavy atom. The molecular weight excluding hydrogens is 286 g/mol. The van der Waals surface area contributed by atoms with Gasteiger partial charge in [-0.25, -0.2) is 4.79 Å². The summed E-state index contributed by atoms with van der Waals surface area (Å²) in [5.74, 6) is 0.708. The lowest BCUT2D eigenvalue weighted by molar-refractivity contribution is -0.0277. The normalized spacial score (nSPS) is 34.4. The molecular formula is C16H15NO5. The van der Waals surface area contributed by atoms with E-state index in [1.165, 1.54) is 5.57 Å². The smallest absolute Gasteiger partial charge is 0.338 e. The summed E-state index contributed by atoms with van der Waals surface area (Å²) in [6.07, 6.45) is 1.42. The van der Waals surface area contributed by atoms with Crippen LogP contribution in [0.1, 0.15) is 28.3 Å². The third kappa shape index (κ3) is 1.54. The number of ether oxygens (including phenoxy) is 3. The first kappa shape index (κ1) is 12.5. The van der Waals surface area contributed by atoms with Crippen LogP contribution in [0.5, 0.6) is 11.5 Å². The number of benzene rings is 1. The highest BCUT2D eigenvalue weighted by Crippen LogP contribution is 2.46. The zero-order chi connectivity index (χ0) is 14.8. The van der Waals surface area contributed by atoms with E-state index < -0.39 is 18.2 Å². The van der Waals surface area contributed by atoms with Gasteiger partial charge in [-0.15, -0.1) is 0 Å². The van der Waals surface area contributed by atoms with Gasteiger partial charge in [-0.2, -0.15) is 0 Å². The first-order valence-corrected chi connectivity index (χ1v) is 7.49. The topological polar surface area (TPSA) is 77.0 Å². The van der Waals surface area contributed by atoms with Crippen LogP contribution in [0.3, 0.4) is 0 Å². The molecule has 3 heterocycles. The Bertz CT molecular complexity index is 713. The molecule has 1 aromatic rings. The van der Waals surface area contributed by atoms with Crippen LogP contribution in [0.2, 0.25) is 0 Å². The minimum absolute atomic E-state index is 0.0975. The van der Waals surface area contributed by atoms with Gasteiger partial charge in [-0.3, -0.25) is 0 Å². The lowest BCUT2D eigenvalue weighted by atomic mass is 9.74. The fraction of sp³-hybridized carbons (Fsp3) is 0.438. The van der Waals surface area contributed by atoms with Crippen molar-refractivity contribution in [1.29, 1.82) is 0 Å². The zero-order valence-corrected chi connectivity index (χ0v) is 11.7. The van der Waals surface area contributed by atoms with Crippen LogP contribution in [-0.4, -0.2) is 42.7 Å². The van der Waals surface area contributed by atoms with E-state index in [2.05, 4.69) is 5.32 Å². The van der Waals surface area contributed by atoms with E-state index >= 15 is 0 Å². The summed E-state index contributed by atoms with van der Waals surface area (Å²) in [7, 11) is 0. The molecule has 1 aromatic carbocycles. The number of carbonyl (C=O) groups is 1. The van der Waals surface area contributed by atoms with Gasteiger partial charge >= 0.3 is 5.97 Å². The predicted octanol–water partition coefficient (Wildman–Crippen LogP) is 0.701. The van der Waals surface area contributed by atoms with Crippen LogP contribution < -0.4 is 14.8 Å². The van der Waals surface area contributed by atoms with Gasteiger partial charge in [-0.1, -0.05) is 11.6 Å². The van der Waals surface area contributed by atoms with E-state index in [1.807, 2.05) is 12.1 Å². The number of hydrogen-bond acceptors (Lipinski definition) is 6. The van der Waals surface area contributed by atoms with Gasteiger partial charge in [0.1, 0.15) is 12.2 Å². The van der Waals surface area contributed by atoms with Crippen molar-refractivity contribution in [2.24, 2.45) is 0 Å². The Labute approximate surface area is 126 Å². The zero-order valence-electron chi connectivity index (χ0n) is 11.7. The maximum Gasteiger partial charge on any atom is 0.338 e. The molecule has 0 bridgehead atoms. The van der Waals surface area contributed by atoms with Crippen molar-refractivity contribution < 1.29 is 24.1 Å². The van der Waals surface area contributed by atoms with E-state index in [1.54, 1.807) is 6.07 Å². The number of aliphatic hydroxyl groups is 1. The van der Waals surface area contributed by atoms with Crippen molar-refractivity contribution in [3.8, 4) is 11.5 Å². The molecule has 2 N–H and O–H groups in total. The molecule has 4 atom stereocenters. The number of fused-ring (bicyclic) bond motifs is 6. The second-order valence-corrected chi connectivity index (χ2v) is 6.10. The molecule has 5 rings (SSSR count). The summed E-state index contributed by atoms with van der Waals surface area (Å²) >= 11 is 0. The highest BCUT2D eigenvalue weighted by Gasteiger charge is 2.49. The minimum Gasteiger partial charge on any atom is -0.455 e. The summed E-state index contributed by atoms with van der Waals surface area (Å²) < 4.78 is 16.3. The summed E-state index contributed by atoms with van der Waals surface area (Å²) in [5.41, 5.74) is 2.57. The second kappa shape index (κ2) is 4.24. The molecule has 0 unspecified atom stereocenters. The van der Waals surface area contributed by atoms with Crippen LogP contribution >= 0.6 is 0 Å². The van der Waals surface area contributed by atoms with Crippen LogP contribution in [0.25, 0.3) is 0 Å². The van der Waals surface area contributed by atoms with Crippen molar-refractivity contribution in [3.05, 3.63) is 34.9 Å². The first-order chi connectivity index (χ1) is 10.7. The lowest BCUT2D eigenvalue weighted by Crippen LogP contribution is -2.50. The molecule has 1 saturated heterocycles. The molecule has 1 fully saturated rings. The Hall–Kier alpha value is -2.05. The van der Waals surface area contributed by atoms with E-state index in [4.69, 9.17) is 14.2 Å². The molecule has 0 aromatic heterocycles. The molecule has 3 aliphatic heterocycles. The number of hydrogen-bond donors (Lipinski definition) is 2. The van der Waals surface area contributed by atoms with Gasteiger partial charge in [0.05, 0.1) is 5.56 Å². The Balaban J connectivity index is 1.70. The SMILES string of the molecule is O=C1O[C@@H]2[C@H](c3cc4c(cc31)OCO4)[C@H]1NCCC1=C[C@H]2O. The van der Waals surface area contributed by atoms with Gasteiger partial charge in [-0.05, 0) is 30.7 Å². The van der Waals surface area contributed by atoms with Crippen molar-refractivity contribution in [2.75, 3.05) is 13.3 Å². The standard InChI is InChI=1S/C16H15NO5/c18-10-3-7-1-2-17-14(7)13-8-4-11-12(21-6-20-11)5-9(8)16(19)22-15(10)13/h3-5,10,13-15,17-18H,1-2,6H2/t10-,13-,14+,15+/m1/s1. The third-order valence-corrected chi connectivity index (χ3v) is 4.98. The molecule has 6 heteroatoms. The molecule has 6 nitrogen and oxygen atoms in total. The molecule has 0 amide bonds. The average molecular weight is 301 g/mol. The Kier molecular flexibility index (Phi) is 2.41. The number of esters is 1. The van der Waals surface area contributed by atoms with Gasteiger partial charge in [0, 0.05) is 12.0 Å². The van der Waals surface area contributed by atoms with E-state index in [9.17, 15) is 9.90 Å². The molecule has 0 spiro atoms. The van der Waals surface area contributed by atoms with E-state index in [0.29, 0.717) is 17.1 Å². The molecule has 1 aliphatic carbocycles. The van der Waals surface area contributed by atoms with Gasteiger partial charge < -0.3 is 24.6 Å². The first-order valence-electron chi connectivity index (χ1n) is 7.49. The van der Waals surface area contributed by atoms with Crippen LogP contribution in [0.15, 0.2) is 23.8 Å². The fourth-order valence-corrected chi connectivity index (χ4v) is 4.02.